The zero-order chi connectivity index (χ0) is 24.4. The molecule has 2 aliphatic rings. The molecule has 0 radical (unpaired) electrons. The van der Waals surface area contributed by atoms with Crippen molar-refractivity contribution in [3.8, 4) is 10.6 Å². The maximum atomic E-state index is 13.0. The smallest absolute Gasteiger partial charge is 0.255 e. The molecule has 2 saturated heterocycles. The molecule has 1 unspecified atom stereocenters. The Kier molecular flexibility index (Phi) is 7.57. The Labute approximate surface area is 214 Å². The van der Waals surface area contributed by atoms with Crippen LogP contribution in [0.25, 0.3) is 10.6 Å². The number of carbonyl (C=O) groups is 1. The predicted octanol–water partition coefficient (Wildman–Crippen LogP) is 4.70. The van der Waals surface area contributed by atoms with Crippen LogP contribution >= 0.6 is 22.7 Å². The van der Waals surface area contributed by atoms with E-state index in [9.17, 15) is 9.90 Å². The van der Waals surface area contributed by atoms with Gasteiger partial charge in [-0.3, -0.25) is 9.78 Å². The third-order valence-electron chi connectivity index (χ3n) is 7.02. The van der Waals surface area contributed by atoms with E-state index in [2.05, 4.69) is 14.9 Å². The van der Waals surface area contributed by atoms with Crippen molar-refractivity contribution in [3.63, 3.8) is 0 Å². The number of aliphatic hydroxyl groups is 1. The van der Waals surface area contributed by atoms with Crippen molar-refractivity contribution in [2.45, 2.75) is 64.5 Å². The van der Waals surface area contributed by atoms with Crippen molar-refractivity contribution < 1.29 is 9.90 Å². The minimum absolute atomic E-state index is 0.0901. The summed E-state index contributed by atoms with van der Waals surface area (Å²) in [6.45, 7) is 7.78. The van der Waals surface area contributed by atoms with Gasteiger partial charge in [0.25, 0.3) is 5.91 Å². The molecule has 2 aliphatic heterocycles. The Morgan fingerprint density at radius 3 is 2.57 bits per heavy atom. The molecular weight excluding hydrogens is 478 g/mol. The molecule has 3 aromatic heterocycles. The molecule has 35 heavy (non-hydrogen) atoms. The lowest BCUT2D eigenvalue weighted by atomic mass is 9.99. The molecule has 0 spiro atoms. The van der Waals surface area contributed by atoms with E-state index in [1.54, 1.807) is 24.5 Å². The largest absolute Gasteiger partial charge is 0.386 e. The first-order valence-electron chi connectivity index (χ1n) is 12.6. The molecule has 5 heterocycles. The summed E-state index contributed by atoms with van der Waals surface area (Å²) in [5.74, 6) is 0.0901. The average Bonchev–Trinajstić information content (AvgIpc) is 3.51. The van der Waals surface area contributed by atoms with Gasteiger partial charge in [-0.2, -0.15) is 0 Å². The van der Waals surface area contributed by atoms with Gasteiger partial charge in [-0.05, 0) is 64.8 Å². The maximum absolute atomic E-state index is 13.0. The first-order chi connectivity index (χ1) is 17.0. The molecule has 2 fully saturated rings. The predicted molar refractivity (Wildman–Crippen MR) is 140 cm³/mol. The number of pyridine rings is 1. The van der Waals surface area contributed by atoms with E-state index in [0.29, 0.717) is 23.0 Å². The summed E-state index contributed by atoms with van der Waals surface area (Å²) in [6, 6.07) is 4.48. The van der Waals surface area contributed by atoms with Gasteiger partial charge >= 0.3 is 0 Å². The lowest BCUT2D eigenvalue weighted by Gasteiger charge is -2.40. The third-order valence-corrected chi connectivity index (χ3v) is 9.22. The Morgan fingerprint density at radius 2 is 1.91 bits per heavy atom. The molecule has 1 amide bonds. The summed E-state index contributed by atoms with van der Waals surface area (Å²) in [6.07, 6.45) is 7.90. The number of hydrogen-bond donors (Lipinski definition) is 1. The van der Waals surface area contributed by atoms with Crippen LogP contribution in [0.2, 0.25) is 0 Å². The molecule has 3 aromatic rings. The lowest BCUT2D eigenvalue weighted by molar-refractivity contribution is 0.0589. The van der Waals surface area contributed by atoms with Crippen LogP contribution in [0.5, 0.6) is 0 Å². The zero-order valence-corrected chi connectivity index (χ0v) is 22.1. The highest BCUT2D eigenvalue weighted by molar-refractivity contribution is 7.16. The van der Waals surface area contributed by atoms with Gasteiger partial charge in [0, 0.05) is 42.8 Å². The fourth-order valence-corrected chi connectivity index (χ4v) is 6.88. The van der Waals surface area contributed by atoms with Gasteiger partial charge in [0.2, 0.25) is 0 Å². The minimum Gasteiger partial charge on any atom is -0.386 e. The van der Waals surface area contributed by atoms with Crippen molar-refractivity contribution in [1.29, 1.82) is 0 Å². The standard InChI is InChI=1S/C26H33N5O2S2/c1-17-24(35-25(28-17)18(2)32)22-16-34-23(29-22)14-20-7-6-19(15-27-20)26(33)31-12-8-21(9-13-31)30-10-4-3-5-11-30/h6-7,15-16,18,21,32H,3-5,8-14H2,1-2H3. The van der Waals surface area contributed by atoms with E-state index in [0.717, 1.165) is 52.9 Å². The first kappa shape index (κ1) is 24.5. The summed E-state index contributed by atoms with van der Waals surface area (Å²) in [4.78, 5) is 32.5. The van der Waals surface area contributed by atoms with Crippen molar-refractivity contribution in [2.75, 3.05) is 26.2 Å². The molecule has 7 nitrogen and oxygen atoms in total. The van der Waals surface area contributed by atoms with Crippen LogP contribution in [0.1, 0.15) is 76.9 Å². The number of carbonyl (C=O) groups excluding carboxylic acids is 1. The van der Waals surface area contributed by atoms with Gasteiger partial charge in [0.05, 0.1) is 26.8 Å². The number of piperidine rings is 2. The van der Waals surface area contributed by atoms with Crippen LogP contribution in [0.3, 0.4) is 0 Å². The molecule has 1 N–H and O–H groups in total. The number of aromatic nitrogens is 3. The second-order valence-corrected chi connectivity index (χ2v) is 11.6. The van der Waals surface area contributed by atoms with Gasteiger partial charge in [-0.15, -0.1) is 22.7 Å². The summed E-state index contributed by atoms with van der Waals surface area (Å²) in [5.41, 5.74) is 3.35. The van der Waals surface area contributed by atoms with Crippen molar-refractivity contribution >= 4 is 28.6 Å². The molecule has 0 bridgehead atoms. The van der Waals surface area contributed by atoms with E-state index in [-0.39, 0.29) is 5.91 Å². The Morgan fingerprint density at radius 1 is 1.14 bits per heavy atom. The number of likely N-dealkylation sites (tertiary alicyclic amines) is 2. The summed E-state index contributed by atoms with van der Waals surface area (Å²) in [7, 11) is 0. The van der Waals surface area contributed by atoms with E-state index in [1.807, 2.05) is 29.3 Å². The summed E-state index contributed by atoms with van der Waals surface area (Å²) < 4.78 is 0. The van der Waals surface area contributed by atoms with E-state index in [4.69, 9.17) is 4.98 Å². The van der Waals surface area contributed by atoms with Crippen LogP contribution < -0.4 is 0 Å². The second-order valence-electron chi connectivity index (χ2n) is 9.60. The molecule has 0 aromatic carbocycles. The Bertz CT molecular complexity index is 1140. The number of nitrogens with zero attached hydrogens (tertiary/aromatic N) is 5. The highest BCUT2D eigenvalue weighted by atomic mass is 32.1. The van der Waals surface area contributed by atoms with Gasteiger partial charge < -0.3 is 14.9 Å². The second kappa shape index (κ2) is 10.8. The van der Waals surface area contributed by atoms with Crippen molar-refractivity contribution in [3.05, 3.63) is 50.7 Å². The fraction of sp³-hybridized carbons (Fsp3) is 0.538. The van der Waals surface area contributed by atoms with Crippen molar-refractivity contribution in [2.24, 2.45) is 0 Å². The monoisotopic (exact) mass is 511 g/mol. The normalized spacial score (nSPS) is 18.7. The molecular formula is C26H33N5O2S2. The van der Waals surface area contributed by atoms with Crippen LogP contribution in [0.15, 0.2) is 23.7 Å². The molecule has 9 heteroatoms. The van der Waals surface area contributed by atoms with Crippen LogP contribution in [-0.2, 0) is 6.42 Å². The van der Waals surface area contributed by atoms with Gasteiger partial charge in [0.15, 0.2) is 0 Å². The average molecular weight is 512 g/mol. The number of aryl methyl sites for hydroxylation is 1. The lowest BCUT2D eigenvalue weighted by Crippen LogP contribution is -2.48. The van der Waals surface area contributed by atoms with E-state index >= 15 is 0 Å². The van der Waals surface area contributed by atoms with Crippen molar-refractivity contribution in [1.82, 2.24) is 24.8 Å². The fourth-order valence-electron chi connectivity index (χ4n) is 5.04. The third kappa shape index (κ3) is 5.63. The zero-order valence-electron chi connectivity index (χ0n) is 20.4. The highest BCUT2D eigenvalue weighted by Gasteiger charge is 2.28. The van der Waals surface area contributed by atoms with Crippen LogP contribution in [0, 0.1) is 6.92 Å². The number of rotatable bonds is 6. The molecule has 0 saturated carbocycles. The quantitative estimate of drug-likeness (QED) is 0.516. The number of thiazole rings is 2. The topological polar surface area (TPSA) is 82.5 Å². The van der Waals surface area contributed by atoms with Crippen LogP contribution in [0.4, 0.5) is 0 Å². The maximum Gasteiger partial charge on any atom is 0.255 e. The van der Waals surface area contributed by atoms with Gasteiger partial charge in [0.1, 0.15) is 11.1 Å². The Balaban J connectivity index is 1.17. The molecule has 1 atom stereocenters. The first-order valence-corrected chi connectivity index (χ1v) is 14.3. The van der Waals surface area contributed by atoms with Crippen LogP contribution in [-0.4, -0.2) is 68.0 Å². The van der Waals surface area contributed by atoms with Gasteiger partial charge in [-0.1, -0.05) is 6.42 Å². The summed E-state index contributed by atoms with van der Waals surface area (Å²) in [5, 5.41) is 13.5. The summed E-state index contributed by atoms with van der Waals surface area (Å²) >= 11 is 3.09. The van der Waals surface area contributed by atoms with Gasteiger partial charge in [-0.25, -0.2) is 9.97 Å². The van der Waals surface area contributed by atoms with E-state index in [1.165, 1.54) is 43.7 Å². The SMILES string of the molecule is Cc1nc(C(C)O)sc1-c1csc(Cc2ccc(C(=O)N3CCC(N4CCCCC4)CC3)cn2)n1. The molecule has 0 aliphatic carbocycles. The molecule has 186 valence electrons. The highest BCUT2D eigenvalue weighted by Crippen LogP contribution is 2.33. The number of aliphatic hydroxyl groups excluding tert-OH is 1. The minimum atomic E-state index is -0.572. The van der Waals surface area contributed by atoms with E-state index < -0.39 is 6.10 Å². The number of hydrogen-bond acceptors (Lipinski definition) is 8. The Hall–Kier alpha value is -2.20. The number of amides is 1. The molecule has 5 rings (SSSR count).